The molecule has 0 atom stereocenters. The van der Waals surface area contributed by atoms with E-state index in [1.165, 1.54) is 6.07 Å². The van der Waals surface area contributed by atoms with Crippen LogP contribution in [0.3, 0.4) is 0 Å². The van der Waals surface area contributed by atoms with Crippen LogP contribution in [0.1, 0.15) is 11.1 Å². The summed E-state index contributed by atoms with van der Waals surface area (Å²) in [5.41, 5.74) is 1.16. The highest BCUT2D eigenvalue weighted by Crippen LogP contribution is 2.31. The standard InChI is InChI=1S/C14H13ClFNO3S/c1-8-3-4-9(2)14(5-8)21(19,20)17-12-6-10(15)11(16)7-13(12)18/h3-7,17-18H,1-2H3. The minimum absolute atomic E-state index is 0.0855. The molecule has 0 aliphatic heterocycles. The number of nitrogens with one attached hydrogen (secondary N) is 1. The Bertz CT molecular complexity index is 806. The maximum atomic E-state index is 13.2. The minimum atomic E-state index is -3.91. The first kappa shape index (κ1) is 15.6. The number of rotatable bonds is 3. The molecule has 0 saturated carbocycles. The average molecular weight is 330 g/mol. The first-order valence-corrected chi connectivity index (χ1v) is 7.85. The summed E-state index contributed by atoms with van der Waals surface area (Å²) < 4.78 is 40.1. The van der Waals surface area contributed by atoms with E-state index in [0.717, 1.165) is 17.7 Å². The number of aromatic hydroxyl groups is 1. The van der Waals surface area contributed by atoms with Crippen molar-refractivity contribution in [3.8, 4) is 5.75 Å². The highest BCUT2D eigenvalue weighted by Gasteiger charge is 2.19. The van der Waals surface area contributed by atoms with E-state index < -0.39 is 21.6 Å². The van der Waals surface area contributed by atoms with Gasteiger partial charge in [-0.3, -0.25) is 4.72 Å². The van der Waals surface area contributed by atoms with Gasteiger partial charge in [0.1, 0.15) is 11.6 Å². The van der Waals surface area contributed by atoms with Crippen LogP contribution in [0.4, 0.5) is 10.1 Å². The Balaban J connectivity index is 2.47. The summed E-state index contributed by atoms with van der Waals surface area (Å²) in [6.07, 6.45) is 0. The first-order chi connectivity index (χ1) is 9.70. The fourth-order valence-corrected chi connectivity index (χ4v) is 3.37. The highest BCUT2D eigenvalue weighted by atomic mass is 35.5. The van der Waals surface area contributed by atoms with Crippen molar-refractivity contribution in [2.24, 2.45) is 0 Å². The molecule has 21 heavy (non-hydrogen) atoms. The molecule has 112 valence electrons. The summed E-state index contributed by atoms with van der Waals surface area (Å²) in [5, 5.41) is 9.34. The SMILES string of the molecule is Cc1ccc(C)c(S(=O)(=O)Nc2cc(Cl)c(F)cc2O)c1. The smallest absolute Gasteiger partial charge is 0.262 e. The molecule has 0 radical (unpaired) electrons. The molecular weight excluding hydrogens is 317 g/mol. The van der Waals surface area contributed by atoms with Gasteiger partial charge in [-0.1, -0.05) is 23.7 Å². The van der Waals surface area contributed by atoms with Crippen molar-refractivity contribution in [3.05, 3.63) is 52.3 Å². The van der Waals surface area contributed by atoms with E-state index in [0.29, 0.717) is 5.56 Å². The molecule has 4 nitrogen and oxygen atoms in total. The minimum Gasteiger partial charge on any atom is -0.506 e. The van der Waals surface area contributed by atoms with Crippen LogP contribution in [-0.4, -0.2) is 13.5 Å². The summed E-state index contributed by atoms with van der Waals surface area (Å²) in [5.74, 6) is -1.37. The van der Waals surface area contributed by atoms with Gasteiger partial charge in [-0.25, -0.2) is 12.8 Å². The molecule has 0 unspecified atom stereocenters. The van der Waals surface area contributed by atoms with E-state index in [4.69, 9.17) is 11.6 Å². The van der Waals surface area contributed by atoms with Crippen molar-refractivity contribution >= 4 is 27.3 Å². The molecule has 0 saturated heterocycles. The van der Waals surface area contributed by atoms with Crippen LogP contribution in [0.2, 0.25) is 5.02 Å². The van der Waals surface area contributed by atoms with Crippen LogP contribution in [0.5, 0.6) is 5.75 Å². The predicted octanol–water partition coefficient (Wildman–Crippen LogP) is 3.60. The van der Waals surface area contributed by atoms with Gasteiger partial charge in [0.2, 0.25) is 0 Å². The Labute approximate surface area is 127 Å². The number of aryl methyl sites for hydroxylation is 2. The van der Waals surface area contributed by atoms with Crippen LogP contribution in [0.15, 0.2) is 35.2 Å². The number of phenolic OH excluding ortho intramolecular Hbond substituents is 1. The van der Waals surface area contributed by atoms with Crippen LogP contribution < -0.4 is 4.72 Å². The second kappa shape index (κ2) is 5.54. The molecule has 0 aromatic heterocycles. The molecule has 0 bridgehead atoms. The molecule has 0 spiro atoms. The zero-order valence-electron chi connectivity index (χ0n) is 11.3. The van der Waals surface area contributed by atoms with Gasteiger partial charge < -0.3 is 5.11 Å². The Morgan fingerprint density at radius 1 is 1.19 bits per heavy atom. The van der Waals surface area contributed by atoms with Gasteiger partial charge in [-0.15, -0.1) is 0 Å². The fraction of sp³-hybridized carbons (Fsp3) is 0.143. The number of benzene rings is 2. The third kappa shape index (κ3) is 3.28. The zero-order chi connectivity index (χ0) is 15.8. The molecule has 2 N–H and O–H groups in total. The largest absolute Gasteiger partial charge is 0.506 e. The molecule has 2 rings (SSSR count). The molecule has 7 heteroatoms. The maximum Gasteiger partial charge on any atom is 0.262 e. The van der Waals surface area contributed by atoms with Gasteiger partial charge in [0.15, 0.2) is 0 Å². The molecule has 0 aliphatic carbocycles. The third-order valence-electron chi connectivity index (χ3n) is 2.92. The molecular formula is C14H13ClFNO3S. The van der Waals surface area contributed by atoms with E-state index in [2.05, 4.69) is 4.72 Å². The lowest BCUT2D eigenvalue weighted by Gasteiger charge is -2.12. The van der Waals surface area contributed by atoms with Crippen molar-refractivity contribution in [2.75, 3.05) is 4.72 Å². The topological polar surface area (TPSA) is 66.4 Å². The van der Waals surface area contributed by atoms with Gasteiger partial charge in [0, 0.05) is 6.07 Å². The number of anilines is 1. The average Bonchev–Trinajstić information content (AvgIpc) is 2.38. The van der Waals surface area contributed by atoms with Crippen molar-refractivity contribution in [1.29, 1.82) is 0 Å². The number of hydrogen-bond acceptors (Lipinski definition) is 3. The summed E-state index contributed by atoms with van der Waals surface area (Å²) >= 11 is 5.60. The Hall–Kier alpha value is -1.79. The van der Waals surface area contributed by atoms with Crippen LogP contribution in [0, 0.1) is 19.7 Å². The Morgan fingerprint density at radius 3 is 2.52 bits per heavy atom. The number of phenols is 1. The lowest BCUT2D eigenvalue weighted by atomic mass is 10.2. The zero-order valence-corrected chi connectivity index (χ0v) is 12.9. The molecule has 2 aromatic carbocycles. The lowest BCUT2D eigenvalue weighted by Crippen LogP contribution is -2.14. The maximum absolute atomic E-state index is 13.2. The lowest BCUT2D eigenvalue weighted by molar-refractivity contribution is 0.471. The van der Waals surface area contributed by atoms with E-state index >= 15 is 0 Å². The van der Waals surface area contributed by atoms with E-state index in [1.54, 1.807) is 26.0 Å². The highest BCUT2D eigenvalue weighted by molar-refractivity contribution is 7.92. The Kier molecular flexibility index (Phi) is 4.11. The Morgan fingerprint density at radius 2 is 1.86 bits per heavy atom. The van der Waals surface area contributed by atoms with E-state index in [-0.39, 0.29) is 15.6 Å². The molecule has 0 fully saturated rings. The summed E-state index contributed by atoms with van der Waals surface area (Å²) in [6, 6.07) is 6.76. The summed E-state index contributed by atoms with van der Waals surface area (Å²) in [6.45, 7) is 3.43. The van der Waals surface area contributed by atoms with Crippen LogP contribution in [-0.2, 0) is 10.0 Å². The third-order valence-corrected chi connectivity index (χ3v) is 4.71. The van der Waals surface area contributed by atoms with Gasteiger partial charge in [-0.05, 0) is 37.1 Å². The van der Waals surface area contributed by atoms with Crippen molar-refractivity contribution in [2.45, 2.75) is 18.7 Å². The van der Waals surface area contributed by atoms with E-state index in [1.807, 2.05) is 0 Å². The number of halogens is 2. The van der Waals surface area contributed by atoms with Crippen molar-refractivity contribution in [1.82, 2.24) is 0 Å². The van der Waals surface area contributed by atoms with Gasteiger partial charge >= 0.3 is 0 Å². The van der Waals surface area contributed by atoms with E-state index in [9.17, 15) is 17.9 Å². The first-order valence-electron chi connectivity index (χ1n) is 5.99. The molecule has 0 heterocycles. The fourth-order valence-electron chi connectivity index (χ4n) is 1.81. The quantitative estimate of drug-likeness (QED) is 0.845. The van der Waals surface area contributed by atoms with Crippen molar-refractivity contribution < 1.29 is 17.9 Å². The second-order valence-electron chi connectivity index (χ2n) is 4.66. The second-order valence-corrected chi connectivity index (χ2v) is 6.72. The molecule has 2 aromatic rings. The summed E-state index contributed by atoms with van der Waals surface area (Å²) in [7, 11) is -3.91. The van der Waals surface area contributed by atoms with Crippen LogP contribution >= 0.6 is 11.6 Å². The molecule has 0 amide bonds. The van der Waals surface area contributed by atoms with Gasteiger partial charge in [0.25, 0.3) is 10.0 Å². The number of hydrogen-bond donors (Lipinski definition) is 2. The number of sulfonamides is 1. The predicted molar refractivity (Wildman–Crippen MR) is 79.8 cm³/mol. The normalized spacial score (nSPS) is 11.4. The monoisotopic (exact) mass is 329 g/mol. The van der Waals surface area contributed by atoms with Gasteiger partial charge in [0.05, 0.1) is 15.6 Å². The summed E-state index contributed by atoms with van der Waals surface area (Å²) in [4.78, 5) is 0.0855. The molecule has 0 aliphatic rings. The van der Waals surface area contributed by atoms with Crippen LogP contribution in [0.25, 0.3) is 0 Å². The van der Waals surface area contributed by atoms with Gasteiger partial charge in [-0.2, -0.15) is 0 Å². The van der Waals surface area contributed by atoms with Crippen molar-refractivity contribution in [3.63, 3.8) is 0 Å².